The van der Waals surface area contributed by atoms with Crippen molar-refractivity contribution in [1.29, 1.82) is 0 Å². The lowest BCUT2D eigenvalue weighted by Gasteiger charge is -2.41. The molecule has 2 aromatic carbocycles. The largest absolute Gasteiger partial charge is 0.394 e. The number of rotatable bonds is 2. The van der Waals surface area contributed by atoms with E-state index < -0.39 is 5.54 Å². The highest BCUT2D eigenvalue weighted by Crippen LogP contribution is 2.52. The minimum atomic E-state index is -0.460. The fourth-order valence-electron chi connectivity index (χ4n) is 3.24. The van der Waals surface area contributed by atoms with E-state index in [-0.39, 0.29) is 12.0 Å². The van der Waals surface area contributed by atoms with Gasteiger partial charge < -0.3 is 10.4 Å². The second-order valence-electron chi connectivity index (χ2n) is 5.73. The molecule has 0 aliphatic carbocycles. The van der Waals surface area contributed by atoms with E-state index in [1.165, 1.54) is 5.56 Å². The Balaban J connectivity index is 2.21. The Kier molecular flexibility index (Phi) is 2.64. The van der Waals surface area contributed by atoms with Gasteiger partial charge >= 0.3 is 0 Å². The zero-order valence-electron chi connectivity index (χ0n) is 11.4. The Bertz CT molecular complexity index is 591. The first-order chi connectivity index (χ1) is 9.12. The molecule has 3 rings (SSSR count). The van der Waals surface area contributed by atoms with Crippen LogP contribution in [0.2, 0.25) is 0 Å². The topological polar surface area (TPSA) is 32.3 Å². The Morgan fingerprint density at radius 2 is 1.58 bits per heavy atom. The third-order valence-corrected chi connectivity index (χ3v) is 4.52. The standard InChI is InChI=1S/C17H19NO/c1-16(2)14-10-6-7-11-15(14)18-17(16,12-19)13-8-4-3-5-9-13/h3-11,18-19H,12H2,1-2H3. The van der Waals surface area contributed by atoms with Crippen LogP contribution in [-0.4, -0.2) is 11.7 Å². The molecule has 0 amide bonds. The summed E-state index contributed by atoms with van der Waals surface area (Å²) in [5, 5.41) is 13.7. The number of fused-ring (bicyclic) bond motifs is 1. The van der Waals surface area contributed by atoms with Gasteiger partial charge in [-0.15, -0.1) is 0 Å². The normalized spacial score (nSPS) is 23.7. The Labute approximate surface area is 114 Å². The van der Waals surface area contributed by atoms with E-state index in [9.17, 15) is 5.11 Å². The maximum absolute atomic E-state index is 10.1. The summed E-state index contributed by atoms with van der Waals surface area (Å²) in [6.07, 6.45) is 0. The van der Waals surface area contributed by atoms with Gasteiger partial charge in [-0.2, -0.15) is 0 Å². The summed E-state index contributed by atoms with van der Waals surface area (Å²) in [5.41, 5.74) is 2.87. The third kappa shape index (κ3) is 1.53. The SMILES string of the molecule is CC1(C)c2ccccc2NC1(CO)c1ccccc1. The lowest BCUT2D eigenvalue weighted by molar-refractivity contribution is 0.158. The maximum Gasteiger partial charge on any atom is 0.0949 e. The number of anilines is 1. The predicted octanol–water partition coefficient (Wildman–Crippen LogP) is 3.28. The van der Waals surface area contributed by atoms with Crippen LogP contribution in [0.3, 0.4) is 0 Å². The number of benzene rings is 2. The third-order valence-electron chi connectivity index (χ3n) is 4.52. The van der Waals surface area contributed by atoms with Crippen LogP contribution in [-0.2, 0) is 11.0 Å². The van der Waals surface area contributed by atoms with E-state index in [4.69, 9.17) is 0 Å². The first kappa shape index (κ1) is 12.2. The monoisotopic (exact) mass is 253 g/mol. The van der Waals surface area contributed by atoms with Crippen LogP contribution in [0, 0.1) is 0 Å². The van der Waals surface area contributed by atoms with Gasteiger partial charge in [-0.25, -0.2) is 0 Å². The highest BCUT2D eigenvalue weighted by molar-refractivity contribution is 5.66. The van der Waals surface area contributed by atoms with Gasteiger partial charge in [0.25, 0.3) is 0 Å². The molecular weight excluding hydrogens is 234 g/mol. The van der Waals surface area contributed by atoms with Crippen molar-refractivity contribution in [1.82, 2.24) is 0 Å². The molecule has 1 heterocycles. The van der Waals surface area contributed by atoms with Crippen LogP contribution in [0.1, 0.15) is 25.0 Å². The molecule has 0 aromatic heterocycles. The first-order valence-corrected chi connectivity index (χ1v) is 6.66. The highest BCUT2D eigenvalue weighted by atomic mass is 16.3. The molecule has 2 N–H and O–H groups in total. The molecule has 19 heavy (non-hydrogen) atoms. The number of aliphatic hydroxyl groups excluding tert-OH is 1. The number of nitrogens with one attached hydrogen (secondary N) is 1. The van der Waals surface area contributed by atoms with E-state index in [0.29, 0.717) is 0 Å². The van der Waals surface area contributed by atoms with E-state index in [1.807, 2.05) is 24.3 Å². The van der Waals surface area contributed by atoms with Crippen LogP contribution >= 0.6 is 0 Å². The molecule has 1 unspecified atom stereocenters. The van der Waals surface area contributed by atoms with Crippen LogP contribution in [0.15, 0.2) is 54.6 Å². The summed E-state index contributed by atoms with van der Waals surface area (Å²) in [7, 11) is 0. The fourth-order valence-corrected chi connectivity index (χ4v) is 3.24. The fraction of sp³-hybridized carbons (Fsp3) is 0.294. The molecule has 0 radical (unpaired) electrons. The summed E-state index contributed by atoms with van der Waals surface area (Å²) in [4.78, 5) is 0. The van der Waals surface area contributed by atoms with Crippen LogP contribution in [0.25, 0.3) is 0 Å². The van der Waals surface area contributed by atoms with E-state index in [0.717, 1.165) is 11.3 Å². The molecule has 0 saturated heterocycles. The maximum atomic E-state index is 10.1. The van der Waals surface area contributed by atoms with Gasteiger partial charge in [0.2, 0.25) is 0 Å². The van der Waals surface area contributed by atoms with Crippen molar-refractivity contribution in [2.45, 2.75) is 24.8 Å². The lowest BCUT2D eigenvalue weighted by Crippen LogP contribution is -2.49. The Morgan fingerprint density at radius 1 is 0.947 bits per heavy atom. The Hall–Kier alpha value is -1.80. The van der Waals surface area contributed by atoms with Gasteiger partial charge in [-0.3, -0.25) is 0 Å². The van der Waals surface area contributed by atoms with Crippen molar-refractivity contribution in [3.05, 3.63) is 65.7 Å². The van der Waals surface area contributed by atoms with Crippen molar-refractivity contribution in [2.75, 3.05) is 11.9 Å². The summed E-state index contributed by atoms with van der Waals surface area (Å²) < 4.78 is 0. The molecule has 0 fully saturated rings. The van der Waals surface area contributed by atoms with Crippen molar-refractivity contribution in [3.8, 4) is 0 Å². The summed E-state index contributed by atoms with van der Waals surface area (Å²) >= 11 is 0. The van der Waals surface area contributed by atoms with Gasteiger partial charge in [-0.1, -0.05) is 62.4 Å². The van der Waals surface area contributed by atoms with Crippen molar-refractivity contribution < 1.29 is 5.11 Å². The van der Waals surface area contributed by atoms with Gasteiger partial charge in [0.1, 0.15) is 0 Å². The zero-order chi connectivity index (χ0) is 13.5. The number of para-hydroxylation sites is 1. The summed E-state index contributed by atoms with van der Waals surface area (Å²) in [6, 6.07) is 18.5. The molecule has 1 aliphatic rings. The van der Waals surface area contributed by atoms with Gasteiger partial charge in [0, 0.05) is 11.1 Å². The molecule has 98 valence electrons. The quantitative estimate of drug-likeness (QED) is 0.861. The second kappa shape index (κ2) is 4.10. The minimum absolute atomic E-state index is 0.0681. The zero-order valence-corrected chi connectivity index (χ0v) is 11.4. The molecule has 0 spiro atoms. The first-order valence-electron chi connectivity index (χ1n) is 6.66. The molecule has 0 bridgehead atoms. The minimum Gasteiger partial charge on any atom is -0.394 e. The van der Waals surface area contributed by atoms with Crippen molar-refractivity contribution in [3.63, 3.8) is 0 Å². The molecular formula is C17H19NO. The summed E-state index contributed by atoms with van der Waals surface area (Å²) in [6.45, 7) is 4.45. The van der Waals surface area contributed by atoms with Gasteiger partial charge in [0.05, 0.1) is 12.1 Å². The van der Waals surface area contributed by atoms with E-state index in [1.54, 1.807) is 0 Å². The summed E-state index contributed by atoms with van der Waals surface area (Å²) in [5.74, 6) is 0. The Morgan fingerprint density at radius 3 is 2.21 bits per heavy atom. The smallest absolute Gasteiger partial charge is 0.0949 e. The number of aliphatic hydroxyl groups is 1. The van der Waals surface area contributed by atoms with Crippen molar-refractivity contribution >= 4 is 5.69 Å². The van der Waals surface area contributed by atoms with Crippen LogP contribution < -0.4 is 5.32 Å². The van der Waals surface area contributed by atoms with E-state index >= 15 is 0 Å². The number of hydrogen-bond donors (Lipinski definition) is 2. The van der Waals surface area contributed by atoms with Crippen LogP contribution in [0.5, 0.6) is 0 Å². The van der Waals surface area contributed by atoms with Gasteiger partial charge in [0.15, 0.2) is 0 Å². The van der Waals surface area contributed by atoms with Crippen molar-refractivity contribution in [2.24, 2.45) is 0 Å². The molecule has 2 nitrogen and oxygen atoms in total. The predicted molar refractivity (Wildman–Crippen MR) is 78.3 cm³/mol. The number of hydrogen-bond acceptors (Lipinski definition) is 2. The average Bonchev–Trinajstić information content (AvgIpc) is 2.69. The second-order valence-corrected chi connectivity index (χ2v) is 5.73. The molecule has 2 heteroatoms. The molecule has 2 aromatic rings. The molecule has 1 aliphatic heterocycles. The van der Waals surface area contributed by atoms with Gasteiger partial charge in [-0.05, 0) is 17.2 Å². The molecule has 0 saturated carbocycles. The lowest BCUT2D eigenvalue weighted by atomic mass is 9.67. The van der Waals surface area contributed by atoms with E-state index in [2.05, 4.69) is 49.5 Å². The average molecular weight is 253 g/mol. The highest BCUT2D eigenvalue weighted by Gasteiger charge is 2.52. The molecule has 1 atom stereocenters. The van der Waals surface area contributed by atoms with Crippen LogP contribution in [0.4, 0.5) is 5.69 Å².